The molecule has 0 aromatic heterocycles. The maximum atomic E-state index is 12.8. The quantitative estimate of drug-likeness (QED) is 0.802. The van der Waals surface area contributed by atoms with Gasteiger partial charge >= 0.3 is 0 Å². The van der Waals surface area contributed by atoms with Gasteiger partial charge in [0.15, 0.2) is 0 Å². The second-order valence-electron chi connectivity index (χ2n) is 6.23. The van der Waals surface area contributed by atoms with Crippen LogP contribution >= 0.6 is 0 Å². The van der Waals surface area contributed by atoms with Crippen LogP contribution in [0.2, 0.25) is 0 Å². The van der Waals surface area contributed by atoms with E-state index in [4.69, 9.17) is 4.74 Å². The van der Waals surface area contributed by atoms with Gasteiger partial charge in [-0.2, -0.15) is 4.31 Å². The van der Waals surface area contributed by atoms with Crippen LogP contribution in [-0.2, 0) is 19.6 Å². The molecule has 0 radical (unpaired) electrons. The Balaban J connectivity index is 1.77. The van der Waals surface area contributed by atoms with Crippen molar-refractivity contribution >= 4 is 27.7 Å². The predicted molar refractivity (Wildman–Crippen MR) is 105 cm³/mol. The standard InChI is InChI=1S/C20H22N2O4S/c1-16-7-9-18(27(24,25)22-11-13-26-14-12-22)15-19(16)21-20(23)10-8-17-5-3-2-4-6-17/h2-10,15H,11-14H2,1H3,(H,21,23)/b10-8+. The number of anilines is 1. The summed E-state index contributed by atoms with van der Waals surface area (Å²) in [6, 6.07) is 14.2. The zero-order valence-corrected chi connectivity index (χ0v) is 15.9. The average Bonchev–Trinajstić information content (AvgIpc) is 2.69. The van der Waals surface area contributed by atoms with Gasteiger partial charge in [0.05, 0.1) is 18.1 Å². The zero-order chi connectivity index (χ0) is 19.3. The fourth-order valence-corrected chi connectivity index (χ4v) is 4.18. The molecule has 7 heteroatoms. The summed E-state index contributed by atoms with van der Waals surface area (Å²) in [5, 5.41) is 2.76. The summed E-state index contributed by atoms with van der Waals surface area (Å²) in [5.74, 6) is -0.317. The highest BCUT2D eigenvalue weighted by atomic mass is 32.2. The molecule has 0 atom stereocenters. The van der Waals surface area contributed by atoms with E-state index >= 15 is 0 Å². The third kappa shape index (κ3) is 4.82. The molecular weight excluding hydrogens is 364 g/mol. The van der Waals surface area contributed by atoms with Crippen LogP contribution in [0.5, 0.6) is 0 Å². The Morgan fingerprint density at radius 2 is 1.81 bits per heavy atom. The molecule has 1 aliphatic heterocycles. The number of benzene rings is 2. The number of hydrogen-bond acceptors (Lipinski definition) is 4. The second-order valence-corrected chi connectivity index (χ2v) is 8.16. The molecule has 1 heterocycles. The first-order chi connectivity index (χ1) is 13.0. The van der Waals surface area contributed by atoms with Gasteiger partial charge in [-0.25, -0.2) is 8.42 Å². The first-order valence-electron chi connectivity index (χ1n) is 8.69. The van der Waals surface area contributed by atoms with Crippen LogP contribution in [0.15, 0.2) is 59.5 Å². The Morgan fingerprint density at radius 1 is 1.11 bits per heavy atom. The number of carbonyl (C=O) groups excluding carboxylic acids is 1. The summed E-state index contributed by atoms with van der Waals surface area (Å²) >= 11 is 0. The number of carbonyl (C=O) groups is 1. The molecule has 0 unspecified atom stereocenters. The van der Waals surface area contributed by atoms with Crippen molar-refractivity contribution in [1.82, 2.24) is 4.31 Å². The Kier molecular flexibility index (Phi) is 6.05. The van der Waals surface area contributed by atoms with Crippen molar-refractivity contribution in [3.8, 4) is 0 Å². The minimum absolute atomic E-state index is 0.164. The van der Waals surface area contributed by atoms with Gasteiger partial charge in [-0.3, -0.25) is 4.79 Å². The van der Waals surface area contributed by atoms with E-state index in [2.05, 4.69) is 5.32 Å². The molecule has 0 saturated carbocycles. The minimum Gasteiger partial charge on any atom is -0.379 e. The molecule has 0 spiro atoms. The van der Waals surface area contributed by atoms with E-state index in [-0.39, 0.29) is 10.8 Å². The first-order valence-corrected chi connectivity index (χ1v) is 10.1. The Bertz CT molecular complexity index is 934. The fourth-order valence-electron chi connectivity index (χ4n) is 2.74. The predicted octanol–water partition coefficient (Wildman–Crippen LogP) is 2.67. The first kappa shape index (κ1) is 19.3. The minimum atomic E-state index is -3.61. The van der Waals surface area contributed by atoms with E-state index in [9.17, 15) is 13.2 Å². The molecule has 1 aliphatic rings. The summed E-state index contributed by atoms with van der Waals surface area (Å²) in [7, 11) is -3.61. The van der Waals surface area contributed by atoms with Crippen LogP contribution in [-0.4, -0.2) is 44.9 Å². The smallest absolute Gasteiger partial charge is 0.248 e. The number of sulfonamides is 1. The molecule has 2 aromatic rings. The van der Waals surface area contributed by atoms with Gasteiger partial charge in [0.2, 0.25) is 15.9 Å². The van der Waals surface area contributed by atoms with E-state index in [1.165, 1.54) is 16.4 Å². The normalized spacial score (nSPS) is 15.7. The molecule has 1 amide bonds. The van der Waals surface area contributed by atoms with Crippen LogP contribution in [0.3, 0.4) is 0 Å². The lowest BCUT2D eigenvalue weighted by molar-refractivity contribution is -0.111. The van der Waals surface area contributed by atoms with E-state index in [0.29, 0.717) is 32.0 Å². The zero-order valence-electron chi connectivity index (χ0n) is 15.1. The molecule has 142 valence electrons. The van der Waals surface area contributed by atoms with Gasteiger partial charge in [-0.1, -0.05) is 36.4 Å². The van der Waals surface area contributed by atoms with Gasteiger partial charge in [0.1, 0.15) is 0 Å². The molecule has 1 fully saturated rings. The van der Waals surface area contributed by atoms with E-state index in [1.54, 1.807) is 18.2 Å². The summed E-state index contributed by atoms with van der Waals surface area (Å²) in [6.07, 6.45) is 3.14. The number of morpholine rings is 1. The van der Waals surface area contributed by atoms with Gasteiger partial charge < -0.3 is 10.1 Å². The second kappa shape index (κ2) is 8.47. The number of hydrogen-bond donors (Lipinski definition) is 1. The SMILES string of the molecule is Cc1ccc(S(=O)(=O)N2CCOCC2)cc1NC(=O)/C=C/c1ccccc1. The maximum Gasteiger partial charge on any atom is 0.248 e. The van der Waals surface area contributed by atoms with Crippen LogP contribution in [0.25, 0.3) is 6.08 Å². The van der Waals surface area contributed by atoms with Gasteiger partial charge in [0, 0.05) is 24.9 Å². The summed E-state index contributed by atoms with van der Waals surface area (Å²) < 4.78 is 32.2. The molecule has 1 N–H and O–H groups in total. The van der Waals surface area contributed by atoms with Crippen LogP contribution in [0, 0.1) is 6.92 Å². The van der Waals surface area contributed by atoms with Crippen molar-refractivity contribution in [3.05, 3.63) is 65.7 Å². The monoisotopic (exact) mass is 386 g/mol. The van der Waals surface area contributed by atoms with Crippen LogP contribution in [0.4, 0.5) is 5.69 Å². The third-order valence-electron chi connectivity index (χ3n) is 4.30. The fraction of sp³-hybridized carbons (Fsp3) is 0.250. The van der Waals surface area contributed by atoms with Crippen molar-refractivity contribution in [2.45, 2.75) is 11.8 Å². The van der Waals surface area contributed by atoms with Crippen molar-refractivity contribution in [2.24, 2.45) is 0 Å². The molecule has 0 aliphatic carbocycles. The van der Waals surface area contributed by atoms with Crippen molar-refractivity contribution in [1.29, 1.82) is 0 Å². The van der Waals surface area contributed by atoms with Gasteiger partial charge in [-0.15, -0.1) is 0 Å². The van der Waals surface area contributed by atoms with Gasteiger partial charge in [-0.05, 0) is 36.3 Å². The molecule has 2 aromatic carbocycles. The lowest BCUT2D eigenvalue weighted by Gasteiger charge is -2.26. The topological polar surface area (TPSA) is 75.7 Å². The van der Waals surface area contributed by atoms with Crippen molar-refractivity contribution in [3.63, 3.8) is 0 Å². The number of amides is 1. The molecule has 1 saturated heterocycles. The summed E-state index contributed by atoms with van der Waals surface area (Å²) in [5.41, 5.74) is 2.18. The molecule has 6 nitrogen and oxygen atoms in total. The average molecular weight is 386 g/mol. The largest absolute Gasteiger partial charge is 0.379 e. The Morgan fingerprint density at radius 3 is 2.52 bits per heavy atom. The third-order valence-corrected chi connectivity index (χ3v) is 6.20. The number of rotatable bonds is 5. The molecular formula is C20H22N2O4S. The highest BCUT2D eigenvalue weighted by molar-refractivity contribution is 7.89. The van der Waals surface area contributed by atoms with Crippen molar-refractivity contribution in [2.75, 3.05) is 31.6 Å². The number of nitrogens with one attached hydrogen (secondary N) is 1. The van der Waals surface area contributed by atoms with E-state index in [1.807, 2.05) is 37.3 Å². The van der Waals surface area contributed by atoms with Crippen molar-refractivity contribution < 1.29 is 17.9 Å². The number of aryl methyl sites for hydroxylation is 1. The van der Waals surface area contributed by atoms with E-state index < -0.39 is 10.0 Å². The molecule has 3 rings (SSSR count). The summed E-state index contributed by atoms with van der Waals surface area (Å²) in [4.78, 5) is 12.4. The molecule has 27 heavy (non-hydrogen) atoms. The highest BCUT2D eigenvalue weighted by Crippen LogP contribution is 2.23. The number of ether oxygens (including phenoxy) is 1. The van der Waals surface area contributed by atoms with Crippen LogP contribution < -0.4 is 5.32 Å². The Hall–Kier alpha value is -2.48. The lowest BCUT2D eigenvalue weighted by atomic mass is 10.2. The van der Waals surface area contributed by atoms with E-state index in [0.717, 1.165) is 11.1 Å². The number of nitrogens with zero attached hydrogens (tertiary/aromatic N) is 1. The van der Waals surface area contributed by atoms with Gasteiger partial charge in [0.25, 0.3) is 0 Å². The summed E-state index contributed by atoms with van der Waals surface area (Å²) in [6.45, 7) is 3.26. The molecule has 0 bridgehead atoms. The Labute approximate surface area is 159 Å². The maximum absolute atomic E-state index is 12.8. The highest BCUT2D eigenvalue weighted by Gasteiger charge is 2.26. The lowest BCUT2D eigenvalue weighted by Crippen LogP contribution is -2.40. The van der Waals surface area contributed by atoms with Crippen LogP contribution in [0.1, 0.15) is 11.1 Å².